The molecule has 32 heavy (non-hydrogen) atoms. The Bertz CT molecular complexity index is 904. The average molecular weight is 441 g/mol. The van der Waals surface area contributed by atoms with E-state index in [2.05, 4.69) is 44.2 Å². The second-order valence-electron chi connectivity index (χ2n) is 9.54. The van der Waals surface area contributed by atoms with Gasteiger partial charge < -0.3 is 14.8 Å². The molecule has 0 aliphatic rings. The van der Waals surface area contributed by atoms with Gasteiger partial charge in [0, 0.05) is 31.6 Å². The van der Waals surface area contributed by atoms with Crippen LogP contribution in [-0.4, -0.2) is 45.9 Å². The van der Waals surface area contributed by atoms with Crippen LogP contribution >= 0.6 is 0 Å². The molecule has 0 fully saturated rings. The fourth-order valence-electron chi connectivity index (χ4n) is 3.83. The first kappa shape index (κ1) is 25.6. The first-order valence-corrected chi connectivity index (χ1v) is 11.8. The molecule has 2 rings (SSSR count). The normalized spacial score (nSPS) is 11.3. The van der Waals surface area contributed by atoms with E-state index in [1.807, 2.05) is 29.2 Å². The highest BCUT2D eigenvalue weighted by atomic mass is 16.2. The Morgan fingerprint density at radius 1 is 1.06 bits per heavy atom. The fraction of sp³-hybridized carbons (Fsp3) is 0.577. The van der Waals surface area contributed by atoms with E-state index in [9.17, 15) is 9.59 Å². The Kier molecular flexibility index (Phi) is 9.95. The monoisotopic (exact) mass is 440 g/mol. The van der Waals surface area contributed by atoms with Crippen LogP contribution in [0.3, 0.4) is 0 Å². The van der Waals surface area contributed by atoms with Crippen molar-refractivity contribution in [1.29, 1.82) is 0 Å². The van der Waals surface area contributed by atoms with Gasteiger partial charge in [-0.15, -0.1) is 0 Å². The number of carbonyl (C=O) groups is 2. The number of unbranched alkanes of at least 4 members (excludes halogenated alkanes) is 2. The lowest BCUT2D eigenvalue weighted by atomic mass is 10.1. The lowest BCUT2D eigenvalue weighted by molar-refractivity contribution is -0.132. The average Bonchev–Trinajstić information content (AvgIpc) is 3.06. The smallest absolute Gasteiger partial charge is 0.246 e. The van der Waals surface area contributed by atoms with Gasteiger partial charge in [-0.05, 0) is 43.7 Å². The number of carbonyl (C=O) groups excluding carboxylic acids is 2. The number of hydrogen-bond donors (Lipinski definition) is 1. The first-order chi connectivity index (χ1) is 15.2. The molecule has 2 aromatic rings. The third-order valence-corrected chi connectivity index (χ3v) is 5.30. The van der Waals surface area contributed by atoms with Crippen LogP contribution in [0.1, 0.15) is 59.7 Å². The van der Waals surface area contributed by atoms with Crippen molar-refractivity contribution in [3.05, 3.63) is 42.2 Å². The number of rotatable bonds is 13. The SMILES string of the molecule is C=C(C)C(=O)NCCCCCc1nc2ccccc2n1CC(=O)N(CC(C)C)CC(C)C. The molecule has 1 aromatic heterocycles. The second kappa shape index (κ2) is 12.4. The summed E-state index contributed by atoms with van der Waals surface area (Å²) >= 11 is 0. The molecule has 0 atom stereocenters. The molecule has 1 heterocycles. The number of para-hydroxylation sites is 2. The maximum absolute atomic E-state index is 13.2. The van der Waals surface area contributed by atoms with Crippen molar-refractivity contribution in [2.24, 2.45) is 11.8 Å². The second-order valence-corrected chi connectivity index (χ2v) is 9.54. The summed E-state index contributed by atoms with van der Waals surface area (Å²) in [7, 11) is 0. The summed E-state index contributed by atoms with van der Waals surface area (Å²) in [6.45, 7) is 16.5. The zero-order valence-corrected chi connectivity index (χ0v) is 20.5. The minimum Gasteiger partial charge on any atom is -0.352 e. The number of nitrogens with zero attached hydrogens (tertiary/aromatic N) is 3. The van der Waals surface area contributed by atoms with E-state index in [1.165, 1.54) is 0 Å². The highest BCUT2D eigenvalue weighted by Gasteiger charge is 2.20. The Labute approximate surface area is 193 Å². The molecule has 1 N–H and O–H groups in total. The molecule has 1 aromatic carbocycles. The van der Waals surface area contributed by atoms with Gasteiger partial charge in [-0.2, -0.15) is 0 Å². The molecule has 6 nitrogen and oxygen atoms in total. The Morgan fingerprint density at radius 2 is 1.72 bits per heavy atom. The van der Waals surface area contributed by atoms with Crippen molar-refractivity contribution >= 4 is 22.8 Å². The fourth-order valence-corrected chi connectivity index (χ4v) is 3.83. The summed E-state index contributed by atoms with van der Waals surface area (Å²) in [6.07, 6.45) is 3.67. The van der Waals surface area contributed by atoms with Gasteiger partial charge >= 0.3 is 0 Å². The number of aryl methyl sites for hydroxylation is 1. The van der Waals surface area contributed by atoms with Crippen LogP contribution in [0.2, 0.25) is 0 Å². The lowest BCUT2D eigenvalue weighted by Crippen LogP contribution is -2.39. The van der Waals surface area contributed by atoms with Crippen molar-refractivity contribution in [2.45, 2.75) is 66.8 Å². The van der Waals surface area contributed by atoms with Crippen LogP contribution in [0.15, 0.2) is 36.4 Å². The number of fused-ring (bicyclic) bond motifs is 1. The Morgan fingerprint density at radius 3 is 2.34 bits per heavy atom. The largest absolute Gasteiger partial charge is 0.352 e. The molecule has 176 valence electrons. The van der Waals surface area contributed by atoms with E-state index < -0.39 is 0 Å². The van der Waals surface area contributed by atoms with Crippen molar-refractivity contribution < 1.29 is 9.59 Å². The third-order valence-electron chi connectivity index (χ3n) is 5.30. The van der Waals surface area contributed by atoms with E-state index in [1.54, 1.807) is 6.92 Å². The van der Waals surface area contributed by atoms with Crippen molar-refractivity contribution in [2.75, 3.05) is 19.6 Å². The number of nitrogens with one attached hydrogen (secondary N) is 1. The van der Waals surface area contributed by atoms with E-state index in [4.69, 9.17) is 4.98 Å². The molecule has 6 heteroatoms. The summed E-state index contributed by atoms with van der Waals surface area (Å²) in [6, 6.07) is 8.03. The maximum Gasteiger partial charge on any atom is 0.246 e. The van der Waals surface area contributed by atoms with Crippen LogP contribution in [0.4, 0.5) is 0 Å². The number of amides is 2. The van der Waals surface area contributed by atoms with E-state index >= 15 is 0 Å². The third kappa shape index (κ3) is 7.81. The van der Waals surface area contributed by atoms with Crippen molar-refractivity contribution in [1.82, 2.24) is 19.8 Å². The van der Waals surface area contributed by atoms with Gasteiger partial charge in [-0.1, -0.05) is 52.8 Å². The summed E-state index contributed by atoms with van der Waals surface area (Å²) in [5.74, 6) is 1.89. The highest BCUT2D eigenvalue weighted by Crippen LogP contribution is 2.19. The standard InChI is InChI=1S/C26H40N4O2/c1-19(2)16-29(17-20(3)4)25(31)18-30-23-13-10-9-12-22(23)28-24(30)14-8-7-11-15-27-26(32)21(5)6/h9-10,12-13,19-20H,5,7-8,11,14-18H2,1-4,6H3,(H,27,32). The van der Waals surface area contributed by atoms with Crippen LogP contribution in [0, 0.1) is 11.8 Å². The van der Waals surface area contributed by atoms with Crippen molar-refractivity contribution in [3.63, 3.8) is 0 Å². The molecule has 2 amide bonds. The zero-order valence-electron chi connectivity index (χ0n) is 20.5. The van der Waals surface area contributed by atoms with Crippen molar-refractivity contribution in [3.8, 4) is 0 Å². The molecular formula is C26H40N4O2. The molecule has 0 bridgehead atoms. The number of hydrogen-bond acceptors (Lipinski definition) is 3. The number of aromatic nitrogens is 2. The number of benzene rings is 1. The molecule has 0 radical (unpaired) electrons. The van der Waals surface area contributed by atoms with Gasteiger partial charge in [-0.3, -0.25) is 9.59 Å². The highest BCUT2D eigenvalue weighted by molar-refractivity contribution is 5.92. The summed E-state index contributed by atoms with van der Waals surface area (Å²) < 4.78 is 2.09. The minimum atomic E-state index is -0.0855. The summed E-state index contributed by atoms with van der Waals surface area (Å²) in [4.78, 5) is 31.6. The van der Waals surface area contributed by atoms with E-state index in [0.717, 1.165) is 55.6 Å². The van der Waals surface area contributed by atoms with Gasteiger partial charge in [0.1, 0.15) is 12.4 Å². The Hall–Kier alpha value is -2.63. The molecular weight excluding hydrogens is 400 g/mol. The van der Waals surface area contributed by atoms with E-state index in [0.29, 0.717) is 30.5 Å². The van der Waals surface area contributed by atoms with Gasteiger partial charge in [0.05, 0.1) is 11.0 Å². The van der Waals surface area contributed by atoms with Crippen LogP contribution in [-0.2, 0) is 22.6 Å². The maximum atomic E-state index is 13.2. The molecule has 0 unspecified atom stereocenters. The Balaban J connectivity index is 2.05. The summed E-state index contributed by atoms with van der Waals surface area (Å²) in [5.41, 5.74) is 2.48. The van der Waals surface area contributed by atoms with Crippen LogP contribution < -0.4 is 5.32 Å². The molecule has 0 saturated carbocycles. The summed E-state index contributed by atoms with van der Waals surface area (Å²) in [5, 5.41) is 2.87. The zero-order chi connectivity index (χ0) is 23.7. The van der Waals surface area contributed by atoms with Crippen LogP contribution in [0.5, 0.6) is 0 Å². The van der Waals surface area contributed by atoms with Crippen LogP contribution in [0.25, 0.3) is 11.0 Å². The molecule has 0 spiro atoms. The topological polar surface area (TPSA) is 67.2 Å². The van der Waals surface area contributed by atoms with Gasteiger partial charge in [0.15, 0.2) is 0 Å². The van der Waals surface area contributed by atoms with E-state index in [-0.39, 0.29) is 11.8 Å². The predicted octanol–water partition coefficient (Wildman–Crippen LogP) is 4.58. The molecule has 0 saturated heterocycles. The predicted molar refractivity (Wildman–Crippen MR) is 131 cm³/mol. The number of imidazole rings is 1. The van der Waals surface area contributed by atoms with Gasteiger partial charge in [-0.25, -0.2) is 4.98 Å². The lowest BCUT2D eigenvalue weighted by Gasteiger charge is -2.27. The molecule has 0 aliphatic carbocycles. The van der Waals surface area contributed by atoms with Gasteiger partial charge in [0.25, 0.3) is 0 Å². The quantitative estimate of drug-likeness (QED) is 0.366. The van der Waals surface area contributed by atoms with Gasteiger partial charge in [0.2, 0.25) is 11.8 Å². The molecule has 0 aliphatic heterocycles. The minimum absolute atomic E-state index is 0.0855. The first-order valence-electron chi connectivity index (χ1n) is 11.8.